The van der Waals surface area contributed by atoms with Gasteiger partial charge in [0.15, 0.2) is 0 Å². The SMILES string of the molecule is Cc1nc(C(=O)NCc2cnn(C)c2C)n[nH]1. The van der Waals surface area contributed by atoms with Crippen LogP contribution in [0.5, 0.6) is 0 Å². The first kappa shape index (κ1) is 11.3. The second-order valence-electron chi connectivity index (χ2n) is 3.81. The van der Waals surface area contributed by atoms with Crippen molar-refractivity contribution in [1.82, 2.24) is 30.3 Å². The number of rotatable bonds is 3. The monoisotopic (exact) mass is 234 g/mol. The van der Waals surface area contributed by atoms with E-state index in [0.29, 0.717) is 12.4 Å². The molecule has 0 saturated heterocycles. The number of H-pyrrole nitrogens is 1. The lowest BCUT2D eigenvalue weighted by molar-refractivity contribution is 0.0941. The summed E-state index contributed by atoms with van der Waals surface area (Å²) in [7, 11) is 1.86. The Morgan fingerprint density at radius 3 is 2.82 bits per heavy atom. The molecule has 0 unspecified atom stereocenters. The first-order valence-electron chi connectivity index (χ1n) is 5.22. The number of aromatic amines is 1. The summed E-state index contributed by atoms with van der Waals surface area (Å²) in [6, 6.07) is 0. The molecule has 2 heterocycles. The van der Waals surface area contributed by atoms with Crippen LogP contribution in [0.25, 0.3) is 0 Å². The Hall–Kier alpha value is -2.18. The van der Waals surface area contributed by atoms with Crippen LogP contribution < -0.4 is 5.32 Å². The van der Waals surface area contributed by atoms with E-state index in [-0.39, 0.29) is 11.7 Å². The Morgan fingerprint density at radius 1 is 1.53 bits per heavy atom. The van der Waals surface area contributed by atoms with Gasteiger partial charge in [0.05, 0.1) is 6.20 Å². The second kappa shape index (κ2) is 4.36. The van der Waals surface area contributed by atoms with E-state index in [0.717, 1.165) is 11.3 Å². The maximum absolute atomic E-state index is 11.7. The molecular formula is C10H14N6O. The maximum atomic E-state index is 11.7. The average Bonchev–Trinajstić information content (AvgIpc) is 2.86. The van der Waals surface area contributed by atoms with E-state index in [1.54, 1.807) is 17.8 Å². The smallest absolute Gasteiger partial charge is 0.291 e. The van der Waals surface area contributed by atoms with E-state index in [1.807, 2.05) is 14.0 Å². The van der Waals surface area contributed by atoms with Gasteiger partial charge in [0.25, 0.3) is 5.91 Å². The van der Waals surface area contributed by atoms with Crippen LogP contribution in [0.4, 0.5) is 0 Å². The molecule has 0 aliphatic rings. The molecule has 2 rings (SSSR count). The van der Waals surface area contributed by atoms with E-state index in [1.165, 1.54) is 0 Å². The topological polar surface area (TPSA) is 88.5 Å². The van der Waals surface area contributed by atoms with Crippen LogP contribution in [-0.2, 0) is 13.6 Å². The Morgan fingerprint density at radius 2 is 2.29 bits per heavy atom. The Labute approximate surface area is 98.2 Å². The number of nitrogens with one attached hydrogen (secondary N) is 2. The van der Waals surface area contributed by atoms with Crippen LogP contribution >= 0.6 is 0 Å². The number of nitrogens with zero attached hydrogens (tertiary/aromatic N) is 4. The average molecular weight is 234 g/mol. The molecule has 0 spiro atoms. The van der Waals surface area contributed by atoms with E-state index < -0.39 is 0 Å². The molecule has 0 saturated carbocycles. The van der Waals surface area contributed by atoms with Crippen molar-refractivity contribution in [3.8, 4) is 0 Å². The van der Waals surface area contributed by atoms with Gasteiger partial charge < -0.3 is 5.32 Å². The first-order valence-corrected chi connectivity index (χ1v) is 5.22. The highest BCUT2D eigenvalue weighted by Gasteiger charge is 2.11. The molecule has 0 radical (unpaired) electrons. The Balaban J connectivity index is 1.99. The summed E-state index contributed by atoms with van der Waals surface area (Å²) in [6.45, 7) is 4.12. The first-order chi connectivity index (χ1) is 8.08. The number of aryl methyl sites for hydroxylation is 2. The van der Waals surface area contributed by atoms with Crippen molar-refractivity contribution in [1.29, 1.82) is 0 Å². The third-order valence-corrected chi connectivity index (χ3v) is 2.58. The summed E-state index contributed by atoms with van der Waals surface area (Å²) in [4.78, 5) is 15.6. The van der Waals surface area contributed by atoms with Crippen LogP contribution in [0.2, 0.25) is 0 Å². The third-order valence-electron chi connectivity index (χ3n) is 2.58. The van der Waals surface area contributed by atoms with Gasteiger partial charge in [0.1, 0.15) is 5.82 Å². The molecule has 2 aromatic rings. The number of hydrogen-bond acceptors (Lipinski definition) is 4. The minimum absolute atomic E-state index is 0.157. The van der Waals surface area contributed by atoms with Gasteiger partial charge in [-0.05, 0) is 13.8 Å². The highest BCUT2D eigenvalue weighted by atomic mass is 16.2. The molecule has 0 atom stereocenters. The van der Waals surface area contributed by atoms with Crippen LogP contribution in [-0.4, -0.2) is 30.9 Å². The second-order valence-corrected chi connectivity index (χ2v) is 3.81. The number of carbonyl (C=O) groups excluding carboxylic acids is 1. The number of hydrogen-bond donors (Lipinski definition) is 2. The lowest BCUT2D eigenvalue weighted by Gasteiger charge is -2.02. The van der Waals surface area contributed by atoms with E-state index in [4.69, 9.17) is 0 Å². The largest absolute Gasteiger partial charge is 0.345 e. The van der Waals surface area contributed by atoms with Crippen molar-refractivity contribution in [2.24, 2.45) is 7.05 Å². The predicted molar refractivity (Wildman–Crippen MR) is 60.2 cm³/mol. The molecule has 17 heavy (non-hydrogen) atoms. The van der Waals surface area contributed by atoms with Crippen LogP contribution in [0.3, 0.4) is 0 Å². The molecule has 2 aromatic heterocycles. The fourth-order valence-corrected chi connectivity index (χ4v) is 1.42. The summed E-state index contributed by atoms with van der Waals surface area (Å²) < 4.78 is 1.76. The van der Waals surface area contributed by atoms with E-state index in [2.05, 4.69) is 25.6 Å². The molecule has 0 aliphatic carbocycles. The van der Waals surface area contributed by atoms with Crippen LogP contribution in [0, 0.1) is 13.8 Å². The normalized spacial score (nSPS) is 10.5. The molecule has 0 bridgehead atoms. The van der Waals surface area contributed by atoms with Crippen molar-refractivity contribution in [3.05, 3.63) is 29.1 Å². The fraction of sp³-hybridized carbons (Fsp3) is 0.400. The van der Waals surface area contributed by atoms with Gasteiger partial charge in [-0.2, -0.15) is 5.10 Å². The van der Waals surface area contributed by atoms with E-state index in [9.17, 15) is 4.79 Å². The van der Waals surface area contributed by atoms with Crippen LogP contribution in [0.1, 0.15) is 27.7 Å². The lowest BCUT2D eigenvalue weighted by Crippen LogP contribution is -2.24. The van der Waals surface area contributed by atoms with Crippen molar-refractivity contribution >= 4 is 5.91 Å². The number of amides is 1. The maximum Gasteiger partial charge on any atom is 0.291 e. The third kappa shape index (κ3) is 2.32. The Bertz CT molecular complexity index is 541. The molecule has 2 N–H and O–H groups in total. The molecule has 7 heteroatoms. The van der Waals surface area contributed by atoms with Crippen molar-refractivity contribution < 1.29 is 4.79 Å². The van der Waals surface area contributed by atoms with Crippen LogP contribution in [0.15, 0.2) is 6.20 Å². The minimum atomic E-state index is -0.294. The van der Waals surface area contributed by atoms with Crippen molar-refractivity contribution in [3.63, 3.8) is 0 Å². The molecule has 7 nitrogen and oxygen atoms in total. The molecule has 0 aromatic carbocycles. The molecule has 90 valence electrons. The van der Waals surface area contributed by atoms with Gasteiger partial charge in [-0.1, -0.05) is 0 Å². The summed E-state index contributed by atoms with van der Waals surface area (Å²) in [5.41, 5.74) is 2.00. The summed E-state index contributed by atoms with van der Waals surface area (Å²) in [5.74, 6) is 0.481. The summed E-state index contributed by atoms with van der Waals surface area (Å²) in [6.07, 6.45) is 1.73. The predicted octanol–water partition coefficient (Wildman–Crippen LogP) is 0.0850. The van der Waals surface area contributed by atoms with Crippen molar-refractivity contribution in [2.45, 2.75) is 20.4 Å². The quantitative estimate of drug-likeness (QED) is 0.787. The Kier molecular flexibility index (Phi) is 2.90. The fourth-order valence-electron chi connectivity index (χ4n) is 1.42. The standard InChI is InChI=1S/C10H14N6O/c1-6-8(5-12-16(6)3)4-11-10(17)9-13-7(2)14-15-9/h5H,4H2,1-3H3,(H,11,17)(H,13,14,15). The van der Waals surface area contributed by atoms with Gasteiger partial charge in [0.2, 0.25) is 5.82 Å². The highest BCUT2D eigenvalue weighted by Crippen LogP contribution is 2.04. The summed E-state index contributed by atoms with van der Waals surface area (Å²) in [5, 5.41) is 13.3. The zero-order chi connectivity index (χ0) is 12.4. The zero-order valence-electron chi connectivity index (χ0n) is 9.98. The van der Waals surface area contributed by atoms with Gasteiger partial charge in [0, 0.05) is 24.8 Å². The zero-order valence-corrected chi connectivity index (χ0v) is 9.98. The minimum Gasteiger partial charge on any atom is -0.345 e. The summed E-state index contributed by atoms with van der Waals surface area (Å²) >= 11 is 0. The van der Waals surface area contributed by atoms with E-state index >= 15 is 0 Å². The number of carbonyl (C=O) groups is 1. The molecule has 0 aliphatic heterocycles. The number of aromatic nitrogens is 5. The lowest BCUT2D eigenvalue weighted by atomic mass is 10.2. The van der Waals surface area contributed by atoms with Gasteiger partial charge in [-0.25, -0.2) is 4.98 Å². The molecule has 0 fully saturated rings. The van der Waals surface area contributed by atoms with Crippen molar-refractivity contribution in [2.75, 3.05) is 0 Å². The van der Waals surface area contributed by atoms with Gasteiger partial charge in [-0.15, -0.1) is 5.10 Å². The van der Waals surface area contributed by atoms with Gasteiger partial charge in [-0.3, -0.25) is 14.6 Å². The molecule has 1 amide bonds. The molecular weight excluding hydrogens is 220 g/mol. The highest BCUT2D eigenvalue weighted by molar-refractivity contribution is 5.90. The van der Waals surface area contributed by atoms with Gasteiger partial charge >= 0.3 is 0 Å².